The Kier molecular flexibility index (Phi) is 5.62. The number of rotatable bonds is 5. The molecular weight excluding hydrogens is 362 g/mol. The van der Waals surface area contributed by atoms with Crippen LogP contribution in [-0.4, -0.2) is 36.3 Å². The fourth-order valence-electron chi connectivity index (χ4n) is 3.48. The highest BCUT2D eigenvalue weighted by Crippen LogP contribution is 2.29. The second-order valence-corrected chi connectivity index (χ2v) is 7.40. The molecule has 0 bridgehead atoms. The van der Waals surface area contributed by atoms with Gasteiger partial charge in [-0.2, -0.15) is 4.98 Å². The second kappa shape index (κ2) is 8.49. The number of morpholine rings is 1. The van der Waals surface area contributed by atoms with Gasteiger partial charge in [-0.3, -0.25) is 0 Å². The lowest BCUT2D eigenvalue weighted by atomic mass is 10.1. The van der Waals surface area contributed by atoms with E-state index in [-0.39, 0.29) is 0 Å². The Morgan fingerprint density at radius 2 is 1.66 bits per heavy atom. The first-order valence-electron chi connectivity index (χ1n) is 9.97. The van der Waals surface area contributed by atoms with E-state index in [1.54, 1.807) is 0 Å². The molecule has 0 aliphatic carbocycles. The lowest BCUT2D eigenvalue weighted by molar-refractivity contribution is 0.123. The Morgan fingerprint density at radius 3 is 2.48 bits per heavy atom. The van der Waals surface area contributed by atoms with Crippen molar-refractivity contribution in [2.24, 2.45) is 0 Å². The molecule has 0 saturated carbocycles. The van der Waals surface area contributed by atoms with Crippen LogP contribution >= 0.6 is 0 Å². The molecule has 6 nitrogen and oxygen atoms in total. The lowest BCUT2D eigenvalue weighted by Crippen LogP contribution is -2.36. The average Bonchev–Trinajstić information content (AvgIpc) is 2.71. The van der Waals surface area contributed by atoms with Crippen LogP contribution in [0.4, 0.5) is 28.8 Å². The zero-order valence-electron chi connectivity index (χ0n) is 17.2. The third-order valence-corrected chi connectivity index (χ3v) is 5.01. The largest absolute Gasteiger partial charge is 0.378 e. The van der Waals surface area contributed by atoms with E-state index in [1.165, 1.54) is 5.56 Å². The van der Waals surface area contributed by atoms with Crippen LogP contribution in [0.1, 0.15) is 16.8 Å². The molecule has 1 saturated heterocycles. The van der Waals surface area contributed by atoms with Gasteiger partial charge in [0.2, 0.25) is 5.95 Å². The summed E-state index contributed by atoms with van der Waals surface area (Å²) in [7, 11) is 0. The highest BCUT2D eigenvalue weighted by atomic mass is 16.5. The number of ether oxygens (including phenoxy) is 1. The molecule has 0 amide bonds. The number of aromatic nitrogens is 2. The highest BCUT2D eigenvalue weighted by Gasteiger charge is 2.15. The van der Waals surface area contributed by atoms with Crippen molar-refractivity contribution in [2.75, 3.05) is 41.8 Å². The molecule has 1 aliphatic rings. The Labute approximate surface area is 172 Å². The van der Waals surface area contributed by atoms with E-state index in [1.807, 2.05) is 19.1 Å². The molecule has 0 spiro atoms. The maximum absolute atomic E-state index is 5.49. The van der Waals surface area contributed by atoms with Crippen LogP contribution in [0.5, 0.6) is 0 Å². The van der Waals surface area contributed by atoms with E-state index in [2.05, 4.69) is 70.8 Å². The third kappa shape index (κ3) is 4.66. The maximum atomic E-state index is 5.49. The van der Waals surface area contributed by atoms with Gasteiger partial charge in [0, 0.05) is 30.5 Å². The molecule has 2 aromatic carbocycles. The smallest absolute Gasteiger partial charge is 0.229 e. The number of nitrogens with zero attached hydrogens (tertiary/aromatic N) is 3. The second-order valence-electron chi connectivity index (χ2n) is 7.40. The lowest BCUT2D eigenvalue weighted by Gasteiger charge is -2.30. The van der Waals surface area contributed by atoms with E-state index in [4.69, 9.17) is 9.72 Å². The highest BCUT2D eigenvalue weighted by molar-refractivity contribution is 5.75. The van der Waals surface area contributed by atoms with E-state index < -0.39 is 0 Å². The van der Waals surface area contributed by atoms with Crippen LogP contribution < -0.4 is 15.5 Å². The molecule has 2 N–H and O–H groups in total. The fraction of sp³-hybridized carbons (Fsp3) is 0.304. The van der Waals surface area contributed by atoms with E-state index >= 15 is 0 Å². The molecule has 1 aromatic heterocycles. The maximum Gasteiger partial charge on any atom is 0.229 e. The van der Waals surface area contributed by atoms with Crippen molar-refractivity contribution in [3.05, 3.63) is 65.4 Å². The van der Waals surface area contributed by atoms with Crippen molar-refractivity contribution in [3.8, 4) is 0 Å². The molecule has 3 aromatic rings. The third-order valence-electron chi connectivity index (χ3n) is 5.01. The average molecular weight is 390 g/mol. The van der Waals surface area contributed by atoms with Gasteiger partial charge in [0.1, 0.15) is 5.82 Å². The summed E-state index contributed by atoms with van der Waals surface area (Å²) in [4.78, 5) is 11.6. The van der Waals surface area contributed by atoms with Crippen LogP contribution in [0.15, 0.2) is 48.5 Å². The molecular formula is C23H27N5O. The fourth-order valence-corrected chi connectivity index (χ4v) is 3.48. The summed E-state index contributed by atoms with van der Waals surface area (Å²) in [5.74, 6) is 1.36. The van der Waals surface area contributed by atoms with E-state index in [0.717, 1.165) is 60.4 Å². The number of benzene rings is 2. The number of nitrogens with one attached hydrogen (secondary N) is 2. The van der Waals surface area contributed by atoms with Gasteiger partial charge in [-0.25, -0.2) is 4.98 Å². The first-order chi connectivity index (χ1) is 14.1. The van der Waals surface area contributed by atoms with Crippen LogP contribution in [0.2, 0.25) is 0 Å². The summed E-state index contributed by atoms with van der Waals surface area (Å²) < 4.78 is 5.49. The summed E-state index contributed by atoms with van der Waals surface area (Å²) in [5, 5.41) is 6.86. The monoisotopic (exact) mass is 389 g/mol. The Balaban J connectivity index is 1.59. The van der Waals surface area contributed by atoms with Gasteiger partial charge in [-0.15, -0.1) is 0 Å². The van der Waals surface area contributed by atoms with Crippen LogP contribution in [0, 0.1) is 20.8 Å². The van der Waals surface area contributed by atoms with Gasteiger partial charge in [0.15, 0.2) is 0 Å². The minimum absolute atomic E-state index is 0.588. The summed E-state index contributed by atoms with van der Waals surface area (Å²) in [6.07, 6.45) is 0. The molecule has 29 heavy (non-hydrogen) atoms. The van der Waals surface area contributed by atoms with Crippen molar-refractivity contribution >= 4 is 28.8 Å². The number of anilines is 5. The minimum atomic E-state index is 0.588. The summed E-state index contributed by atoms with van der Waals surface area (Å²) in [5.41, 5.74) is 6.48. The van der Waals surface area contributed by atoms with Crippen molar-refractivity contribution in [1.29, 1.82) is 0 Å². The van der Waals surface area contributed by atoms with Crippen LogP contribution in [-0.2, 0) is 4.74 Å². The molecule has 0 radical (unpaired) electrons. The quantitative estimate of drug-likeness (QED) is 0.658. The van der Waals surface area contributed by atoms with Crippen LogP contribution in [0.25, 0.3) is 0 Å². The molecule has 6 heteroatoms. The van der Waals surface area contributed by atoms with Crippen molar-refractivity contribution in [1.82, 2.24) is 9.97 Å². The van der Waals surface area contributed by atoms with Crippen molar-refractivity contribution in [3.63, 3.8) is 0 Å². The predicted octanol–water partition coefficient (Wildman–Crippen LogP) is 4.73. The van der Waals surface area contributed by atoms with Gasteiger partial charge in [0.05, 0.1) is 24.6 Å². The predicted molar refractivity (Wildman–Crippen MR) is 119 cm³/mol. The van der Waals surface area contributed by atoms with Gasteiger partial charge < -0.3 is 20.3 Å². The first kappa shape index (κ1) is 19.2. The summed E-state index contributed by atoms with van der Waals surface area (Å²) in [6.45, 7) is 9.43. The SMILES string of the molecule is Cc1ccc(C)c(Nc2nc(C)cc(Nc3ccccc3N3CCOCC3)n2)c1. The summed E-state index contributed by atoms with van der Waals surface area (Å²) in [6, 6.07) is 16.6. The molecule has 150 valence electrons. The number of hydrogen-bond acceptors (Lipinski definition) is 6. The van der Waals surface area contributed by atoms with Crippen molar-refractivity contribution < 1.29 is 4.74 Å². The molecule has 1 fully saturated rings. The molecule has 0 unspecified atom stereocenters. The molecule has 0 atom stereocenters. The van der Waals surface area contributed by atoms with Gasteiger partial charge in [-0.1, -0.05) is 24.3 Å². The Bertz CT molecular complexity index is 998. The van der Waals surface area contributed by atoms with Crippen molar-refractivity contribution in [2.45, 2.75) is 20.8 Å². The molecule has 1 aliphatic heterocycles. The van der Waals surface area contributed by atoms with E-state index in [9.17, 15) is 0 Å². The number of hydrogen-bond donors (Lipinski definition) is 2. The van der Waals surface area contributed by atoms with Gasteiger partial charge in [-0.05, 0) is 50.1 Å². The van der Waals surface area contributed by atoms with Gasteiger partial charge in [0.25, 0.3) is 0 Å². The minimum Gasteiger partial charge on any atom is -0.378 e. The molecule has 2 heterocycles. The van der Waals surface area contributed by atoms with Gasteiger partial charge >= 0.3 is 0 Å². The van der Waals surface area contributed by atoms with Crippen LogP contribution in [0.3, 0.4) is 0 Å². The standard InChI is InChI=1S/C23H27N5O/c1-16-8-9-17(2)20(14-16)26-23-24-18(3)15-22(27-23)25-19-6-4-5-7-21(19)28-10-12-29-13-11-28/h4-9,14-15H,10-13H2,1-3H3,(H2,24,25,26,27). The number of aryl methyl sites for hydroxylation is 3. The normalized spacial score (nSPS) is 14.0. The summed E-state index contributed by atoms with van der Waals surface area (Å²) >= 11 is 0. The first-order valence-corrected chi connectivity index (χ1v) is 9.97. The molecule has 4 rings (SSSR count). The Morgan fingerprint density at radius 1 is 0.862 bits per heavy atom. The Hall–Kier alpha value is -3.12. The zero-order chi connectivity index (χ0) is 20.2. The van der Waals surface area contributed by atoms with E-state index in [0.29, 0.717) is 5.95 Å². The number of para-hydroxylation sites is 2. The zero-order valence-corrected chi connectivity index (χ0v) is 17.2. The topological polar surface area (TPSA) is 62.3 Å².